The van der Waals surface area contributed by atoms with E-state index in [0.717, 1.165) is 22.8 Å². The maximum Gasteiger partial charge on any atom is 0.230 e. The quantitative estimate of drug-likeness (QED) is 0.797. The number of primary amides is 1. The summed E-state index contributed by atoms with van der Waals surface area (Å²) in [7, 11) is 0. The molecule has 0 radical (unpaired) electrons. The van der Waals surface area contributed by atoms with E-state index in [-0.39, 0.29) is 17.2 Å². The van der Waals surface area contributed by atoms with Crippen LogP contribution in [0.2, 0.25) is 0 Å². The van der Waals surface area contributed by atoms with E-state index >= 15 is 0 Å². The molecule has 2 aromatic rings. The van der Waals surface area contributed by atoms with Gasteiger partial charge in [0.15, 0.2) is 10.9 Å². The van der Waals surface area contributed by atoms with E-state index < -0.39 is 0 Å². The Balaban J connectivity index is 1.69. The Morgan fingerprint density at radius 2 is 2.20 bits per heavy atom. The molecule has 7 heteroatoms. The number of amides is 1. The first-order valence-corrected chi connectivity index (χ1v) is 9.87. The zero-order valence-electron chi connectivity index (χ0n) is 14.6. The molecule has 2 aliphatic carbocycles. The number of fused-ring (bicyclic) bond motifs is 2. The molecule has 0 aliphatic heterocycles. The fourth-order valence-corrected chi connectivity index (χ4v) is 5.48. The van der Waals surface area contributed by atoms with Gasteiger partial charge in [0.2, 0.25) is 11.7 Å². The predicted molar refractivity (Wildman–Crippen MR) is 95.9 cm³/mol. The lowest BCUT2D eigenvalue weighted by Crippen LogP contribution is -2.25. The van der Waals surface area contributed by atoms with E-state index in [9.17, 15) is 4.79 Å². The summed E-state index contributed by atoms with van der Waals surface area (Å²) in [5.74, 6) is 3.40. The molecular formula is C18H24N4O2S. The Kier molecular flexibility index (Phi) is 4.35. The van der Waals surface area contributed by atoms with Crippen LogP contribution >= 0.6 is 11.8 Å². The molecule has 0 unspecified atom stereocenters. The molecule has 4 rings (SSSR count). The second-order valence-electron chi connectivity index (χ2n) is 7.40. The van der Waals surface area contributed by atoms with Gasteiger partial charge in [0.25, 0.3) is 0 Å². The van der Waals surface area contributed by atoms with Crippen LogP contribution in [0.1, 0.15) is 45.6 Å². The maximum atomic E-state index is 11.5. The Hall–Kier alpha value is -1.76. The van der Waals surface area contributed by atoms with Crippen molar-refractivity contribution in [3.8, 4) is 11.6 Å². The number of hydrogen-bond donors (Lipinski definition) is 1. The minimum atomic E-state index is -0.348. The molecular weight excluding hydrogens is 336 g/mol. The molecule has 2 N–H and O–H groups in total. The Morgan fingerprint density at radius 3 is 2.80 bits per heavy atom. The number of aromatic nitrogens is 3. The van der Waals surface area contributed by atoms with E-state index in [2.05, 4.69) is 21.7 Å². The summed E-state index contributed by atoms with van der Waals surface area (Å²) in [6, 6.07) is 4.03. The standard InChI is InChI=1S/C18H24N4O2S/c1-10(14-9-12-5-6-13(14)8-12)22-17(15-4-3-7-24-15)20-21-18(22)25-11(2)16(19)23/h3-4,7,10-14H,5-6,8-9H2,1-2H3,(H2,19,23)/t10-,11+,12+,13+,14+/m1/s1. The van der Waals surface area contributed by atoms with Crippen molar-refractivity contribution in [1.29, 1.82) is 0 Å². The van der Waals surface area contributed by atoms with Crippen molar-refractivity contribution in [3.05, 3.63) is 18.4 Å². The van der Waals surface area contributed by atoms with Gasteiger partial charge < -0.3 is 10.2 Å². The monoisotopic (exact) mass is 360 g/mol. The van der Waals surface area contributed by atoms with Crippen molar-refractivity contribution in [2.75, 3.05) is 0 Å². The van der Waals surface area contributed by atoms with Crippen LogP contribution in [0.3, 0.4) is 0 Å². The van der Waals surface area contributed by atoms with Gasteiger partial charge in [-0.25, -0.2) is 0 Å². The molecule has 1 amide bonds. The van der Waals surface area contributed by atoms with Crippen LogP contribution in [0, 0.1) is 17.8 Å². The van der Waals surface area contributed by atoms with Crippen LogP contribution < -0.4 is 5.73 Å². The van der Waals surface area contributed by atoms with E-state index in [1.54, 1.807) is 13.2 Å². The first-order chi connectivity index (χ1) is 12.0. The van der Waals surface area contributed by atoms with Crippen molar-refractivity contribution in [1.82, 2.24) is 14.8 Å². The number of rotatable bonds is 6. The molecule has 2 saturated carbocycles. The van der Waals surface area contributed by atoms with Crippen LogP contribution in [-0.4, -0.2) is 25.9 Å². The molecule has 5 atom stereocenters. The third-order valence-corrected chi connectivity index (χ3v) is 6.98. The average Bonchev–Trinajstić information content (AvgIpc) is 3.36. The van der Waals surface area contributed by atoms with Gasteiger partial charge in [-0.1, -0.05) is 18.2 Å². The van der Waals surface area contributed by atoms with Gasteiger partial charge in [0.1, 0.15) is 0 Å². The summed E-state index contributed by atoms with van der Waals surface area (Å²) in [5.41, 5.74) is 5.45. The van der Waals surface area contributed by atoms with Gasteiger partial charge in [-0.2, -0.15) is 0 Å². The molecule has 2 bridgehead atoms. The first-order valence-electron chi connectivity index (χ1n) is 8.99. The summed E-state index contributed by atoms with van der Waals surface area (Å²) in [5, 5.41) is 9.12. The molecule has 0 spiro atoms. The summed E-state index contributed by atoms with van der Waals surface area (Å²) in [4.78, 5) is 11.5. The van der Waals surface area contributed by atoms with Gasteiger partial charge >= 0.3 is 0 Å². The number of furan rings is 1. The number of nitrogens with zero attached hydrogens (tertiary/aromatic N) is 3. The SMILES string of the molecule is C[C@H](Sc1nnc(-c2ccco2)n1[C@H](C)[C@@H]1C[C@H]2CC[C@H]1C2)C(N)=O. The minimum absolute atomic E-state index is 0.271. The van der Waals surface area contributed by atoms with Crippen LogP contribution in [0.4, 0.5) is 0 Å². The third-order valence-electron chi connectivity index (χ3n) is 5.91. The topological polar surface area (TPSA) is 86.9 Å². The van der Waals surface area contributed by atoms with Crippen LogP contribution in [0.15, 0.2) is 28.0 Å². The predicted octanol–water partition coefficient (Wildman–Crippen LogP) is 3.50. The van der Waals surface area contributed by atoms with Crippen molar-refractivity contribution >= 4 is 17.7 Å². The van der Waals surface area contributed by atoms with E-state index in [1.165, 1.54) is 37.4 Å². The van der Waals surface area contributed by atoms with Gasteiger partial charge in [-0.05, 0) is 63.0 Å². The number of carbonyl (C=O) groups excluding carboxylic acids is 1. The third kappa shape index (κ3) is 2.99. The van der Waals surface area contributed by atoms with Crippen LogP contribution in [0.5, 0.6) is 0 Å². The summed E-state index contributed by atoms with van der Waals surface area (Å²) < 4.78 is 7.74. The van der Waals surface area contributed by atoms with E-state index in [4.69, 9.17) is 10.2 Å². The highest BCUT2D eigenvalue weighted by atomic mass is 32.2. The lowest BCUT2D eigenvalue weighted by Gasteiger charge is -2.30. The Labute approximate surface area is 151 Å². The normalized spacial score (nSPS) is 27.5. The highest BCUT2D eigenvalue weighted by molar-refractivity contribution is 8.00. The summed E-state index contributed by atoms with van der Waals surface area (Å²) >= 11 is 1.38. The van der Waals surface area contributed by atoms with Crippen molar-refractivity contribution in [3.63, 3.8) is 0 Å². The fraction of sp³-hybridized carbons (Fsp3) is 0.611. The highest BCUT2D eigenvalue weighted by Gasteiger charge is 2.43. The maximum absolute atomic E-state index is 11.5. The van der Waals surface area contributed by atoms with Crippen molar-refractivity contribution in [2.24, 2.45) is 23.5 Å². The van der Waals surface area contributed by atoms with Gasteiger partial charge in [-0.15, -0.1) is 10.2 Å². The number of hydrogen-bond acceptors (Lipinski definition) is 5. The van der Waals surface area contributed by atoms with Gasteiger partial charge in [0, 0.05) is 6.04 Å². The van der Waals surface area contributed by atoms with Crippen LogP contribution in [-0.2, 0) is 4.79 Å². The zero-order valence-corrected chi connectivity index (χ0v) is 15.4. The van der Waals surface area contributed by atoms with E-state index in [0.29, 0.717) is 11.7 Å². The van der Waals surface area contributed by atoms with Crippen molar-refractivity contribution < 1.29 is 9.21 Å². The molecule has 134 valence electrons. The molecule has 2 aliphatic rings. The van der Waals surface area contributed by atoms with Crippen LogP contribution in [0.25, 0.3) is 11.6 Å². The second kappa shape index (κ2) is 6.52. The summed E-state index contributed by atoms with van der Waals surface area (Å²) in [6.45, 7) is 4.06. The first kappa shape index (κ1) is 16.7. The number of carbonyl (C=O) groups is 1. The molecule has 2 fully saturated rings. The Bertz CT molecular complexity index is 757. The molecule has 0 saturated heterocycles. The number of thioether (sulfide) groups is 1. The lowest BCUT2D eigenvalue weighted by atomic mass is 9.84. The average molecular weight is 360 g/mol. The Morgan fingerprint density at radius 1 is 1.36 bits per heavy atom. The lowest BCUT2D eigenvalue weighted by molar-refractivity contribution is -0.117. The molecule has 2 aromatic heterocycles. The minimum Gasteiger partial charge on any atom is -0.461 e. The molecule has 25 heavy (non-hydrogen) atoms. The highest BCUT2D eigenvalue weighted by Crippen LogP contribution is 2.53. The molecule has 2 heterocycles. The zero-order chi connectivity index (χ0) is 17.6. The second-order valence-corrected chi connectivity index (χ2v) is 8.70. The smallest absolute Gasteiger partial charge is 0.230 e. The van der Waals surface area contributed by atoms with Gasteiger partial charge in [-0.3, -0.25) is 9.36 Å². The number of nitrogens with two attached hydrogens (primary N) is 1. The largest absolute Gasteiger partial charge is 0.461 e. The van der Waals surface area contributed by atoms with Gasteiger partial charge in [0.05, 0.1) is 11.5 Å². The molecule has 0 aromatic carbocycles. The van der Waals surface area contributed by atoms with E-state index in [1.807, 2.05) is 12.1 Å². The van der Waals surface area contributed by atoms with Crippen molar-refractivity contribution in [2.45, 2.75) is 56.0 Å². The molecule has 6 nitrogen and oxygen atoms in total. The summed E-state index contributed by atoms with van der Waals surface area (Å²) in [6.07, 6.45) is 6.99. The fourth-order valence-electron chi connectivity index (χ4n) is 4.59.